The molecule has 102 heavy (non-hydrogen) atoms. The highest BCUT2D eigenvalue weighted by molar-refractivity contribution is 5.82. The Kier molecular flexibility index (Phi) is 23.4. The van der Waals surface area contributed by atoms with Gasteiger partial charge in [0.1, 0.15) is 128 Å². The molecule has 12 saturated heterocycles. The summed E-state index contributed by atoms with van der Waals surface area (Å²) in [4.78, 5) is 13.0. The second-order valence-electron chi connectivity index (χ2n) is 28.1. The molecule has 0 saturated carbocycles. The van der Waals surface area contributed by atoms with E-state index in [0.29, 0.717) is 0 Å². The number of rotatable bonds is 20. The lowest BCUT2D eigenvalue weighted by Crippen LogP contribution is -2.69. The molecule has 3 spiro atoms. The maximum atomic E-state index is 13.0. The van der Waals surface area contributed by atoms with Gasteiger partial charge in [0.2, 0.25) is 0 Å². The number of methoxy groups -OCH3 is 4. The van der Waals surface area contributed by atoms with E-state index in [1.165, 1.54) is 54.4 Å². The van der Waals surface area contributed by atoms with Gasteiger partial charge < -0.3 is 154 Å². The lowest BCUT2D eigenvalue weighted by Gasteiger charge is -2.51. The minimum Gasteiger partial charge on any atom is -0.456 e. The molecule has 0 bridgehead atoms. The molecule has 36 atom stereocenters. The highest BCUT2D eigenvalue weighted by Crippen LogP contribution is 2.53. The van der Waals surface area contributed by atoms with Crippen molar-refractivity contribution in [3.63, 3.8) is 0 Å². The van der Waals surface area contributed by atoms with Gasteiger partial charge in [-0.25, -0.2) is 4.79 Å². The normalized spacial score (nSPS) is 50.6. The van der Waals surface area contributed by atoms with Gasteiger partial charge in [-0.05, 0) is 54.0 Å². The van der Waals surface area contributed by atoms with Crippen LogP contribution in [0.5, 0.6) is 0 Å². The van der Waals surface area contributed by atoms with Crippen LogP contribution in [0.3, 0.4) is 0 Å². The van der Waals surface area contributed by atoms with Gasteiger partial charge >= 0.3 is 11.9 Å². The van der Waals surface area contributed by atoms with Gasteiger partial charge in [-0.2, -0.15) is 0 Å². The van der Waals surface area contributed by atoms with Crippen LogP contribution in [0.25, 0.3) is 6.08 Å². The lowest BCUT2D eigenvalue weighted by atomic mass is 9.85. The van der Waals surface area contributed by atoms with E-state index < -0.39 is 232 Å². The van der Waals surface area contributed by atoms with Crippen molar-refractivity contribution in [2.24, 2.45) is 0 Å². The predicted molar refractivity (Wildman–Crippen MR) is 338 cm³/mol. The Hall–Kier alpha value is -3.59. The molecule has 12 heterocycles. The van der Waals surface area contributed by atoms with Crippen molar-refractivity contribution in [1.29, 1.82) is 0 Å². The molecule has 12 fully saturated rings. The van der Waals surface area contributed by atoms with E-state index >= 15 is 0 Å². The van der Waals surface area contributed by atoms with Crippen LogP contribution >= 0.6 is 0 Å². The summed E-state index contributed by atoms with van der Waals surface area (Å²) in [5, 5.41) is 81.7. The summed E-state index contributed by atoms with van der Waals surface area (Å²) in [6.07, 6.45) is -21.0. The van der Waals surface area contributed by atoms with E-state index in [4.69, 9.17) is 118 Å². The van der Waals surface area contributed by atoms with Gasteiger partial charge in [-0.15, -0.1) is 0 Å². The number of carbonyl (C=O) groups is 1. The second kappa shape index (κ2) is 31.2. The summed E-state index contributed by atoms with van der Waals surface area (Å²) >= 11 is 0. The highest BCUT2D eigenvalue weighted by Gasteiger charge is 2.71. The summed E-state index contributed by atoms with van der Waals surface area (Å²) in [5.41, 5.74) is -2.87. The molecule has 33 nitrogen and oxygen atoms in total. The second-order valence-corrected chi connectivity index (χ2v) is 28.1. The van der Waals surface area contributed by atoms with Crippen LogP contribution in [0.4, 0.5) is 0 Å². The number of fused-ring (bicyclic) bond motifs is 5. The summed E-state index contributed by atoms with van der Waals surface area (Å²) in [7, 11) is 5.50. The molecule has 12 aliphatic heterocycles. The Labute approximate surface area is 589 Å². The molecule has 0 aromatic heterocycles. The molecule has 12 aliphatic rings. The first-order chi connectivity index (χ1) is 48.8. The first-order valence-corrected chi connectivity index (χ1v) is 34.8. The molecule has 0 amide bonds. The van der Waals surface area contributed by atoms with Gasteiger partial charge in [0.15, 0.2) is 37.6 Å². The van der Waals surface area contributed by atoms with Crippen molar-refractivity contribution in [3.8, 4) is 0 Å². The standard InChI is InChI=1S/C69H98O33/c1-32-46(72)40(89-44(71)24-20-15-13-12-14-17-21-38-22-18-16-19-23-38)26-67(95-32)98-41-27-68(96-35(4)50(41)101-67)97-39-25-45(86-33(2)49(39)100-68)91-58-36(5)88-64(57(75)65(58,7)76)93-54-48(74)61(87-34(3)51(54)79-9)92-52-42(28-78-8)90-63(55(80-10)47(52)73)94-62-56(81-11)53-43(29-82-62)99-69(102-53)60-59(83-31-84-60)66(77,30-85-69)37(6)70/h12-24,32-37,39-43,45-64,70,72-77H,25-31H2,1-11H3/b14-12+,15-13+,21-17+,24-20+/t32-,33-,34-,35-,36-,37?,39-,40?,41+,42-,43?,45+,46-,47+,48-,49-,50-,51+,52-,53?,54-,55+,56?,57+,58-,59?,60?,61+,62?,63+,64+,65-,66?,67?,68?,69?/m1/s1. The minimum absolute atomic E-state index is 0.0199. The van der Waals surface area contributed by atoms with Crippen LogP contribution in [0.1, 0.15) is 73.3 Å². The third-order valence-electron chi connectivity index (χ3n) is 21.1. The van der Waals surface area contributed by atoms with Crippen molar-refractivity contribution in [2.45, 2.75) is 287 Å². The summed E-state index contributed by atoms with van der Waals surface area (Å²) in [6.45, 7) is 10.3. The van der Waals surface area contributed by atoms with Crippen LogP contribution in [0, 0.1) is 0 Å². The predicted octanol–water partition coefficient (Wildman–Crippen LogP) is -0.141. The number of allylic oxidation sites excluding steroid dienone is 6. The van der Waals surface area contributed by atoms with Crippen LogP contribution < -0.4 is 0 Å². The third kappa shape index (κ3) is 14.9. The molecule has 572 valence electrons. The maximum absolute atomic E-state index is 13.0. The van der Waals surface area contributed by atoms with Gasteiger partial charge in [-0.3, -0.25) is 0 Å². The molecular weight excluding hydrogens is 1360 g/mol. The molecule has 1 aromatic carbocycles. The van der Waals surface area contributed by atoms with Crippen molar-refractivity contribution in [1.82, 2.24) is 0 Å². The molecule has 0 radical (unpaired) electrons. The maximum Gasteiger partial charge on any atom is 0.331 e. The average molecular weight is 1460 g/mol. The van der Waals surface area contributed by atoms with E-state index in [1.807, 2.05) is 54.6 Å². The summed E-state index contributed by atoms with van der Waals surface area (Å²) in [6, 6.07) is 9.87. The first kappa shape index (κ1) is 76.6. The van der Waals surface area contributed by atoms with Crippen LogP contribution in [0.2, 0.25) is 0 Å². The Morgan fingerprint density at radius 2 is 1.25 bits per heavy atom. The topological polar surface area (TPSA) is 389 Å². The molecule has 33 heteroatoms. The largest absolute Gasteiger partial charge is 0.456 e. The van der Waals surface area contributed by atoms with Gasteiger partial charge in [0.25, 0.3) is 11.9 Å². The zero-order chi connectivity index (χ0) is 72.4. The van der Waals surface area contributed by atoms with Crippen LogP contribution in [-0.4, -0.2) is 316 Å². The quantitative estimate of drug-likeness (QED) is 0.0507. The number of carbonyl (C=O) groups excluding carboxylic acids is 1. The Bertz CT molecular complexity index is 3090. The number of hydrogen-bond donors (Lipinski definition) is 7. The Morgan fingerprint density at radius 3 is 1.98 bits per heavy atom. The molecule has 1 aromatic rings. The van der Waals surface area contributed by atoms with E-state index in [-0.39, 0.29) is 39.3 Å². The highest BCUT2D eigenvalue weighted by atomic mass is 17.0. The van der Waals surface area contributed by atoms with Gasteiger partial charge in [-0.1, -0.05) is 72.9 Å². The van der Waals surface area contributed by atoms with Gasteiger partial charge in [0.05, 0.1) is 75.4 Å². The fourth-order valence-corrected chi connectivity index (χ4v) is 15.8. The Morgan fingerprint density at radius 1 is 0.588 bits per heavy atom. The van der Waals surface area contributed by atoms with Crippen LogP contribution in [0.15, 0.2) is 72.9 Å². The number of esters is 1. The lowest BCUT2D eigenvalue weighted by molar-refractivity contribution is -0.421. The molecule has 7 N–H and O–H groups in total. The summed E-state index contributed by atoms with van der Waals surface area (Å²) < 4.78 is 155. The SMILES string of the molecule is COC[C@H]1O[C@@H](OC2OCC3OC4(OCC(O)(C(C)O)C5OCOC54)OC3C2OC)[C@@H](OC)[C@@H](O)[C@@H]1O[C@@H]1O[C@H](C)[C@H](OC)[C@H](O[C@@H]2O[C@H](C)[C@@H](O[C@H]3C[C@H]4OC5(C[C@@H]6OC7(CC(OC(=O)/C=C/C=C/C=C/C=C/c8ccccc8)[C@H](O)[C@@H](C)O7)O[C@@H]6[C@@H](C)O5)O[C@@H]4[C@@H](C)O3)[C@](C)(O)[C@H]2O)[C@H]1O. The molecular formula is C69H98O33. The fraction of sp³-hybridized carbons (Fsp3) is 0.783. The van der Waals surface area contributed by atoms with E-state index in [2.05, 4.69) is 0 Å². The monoisotopic (exact) mass is 1450 g/mol. The number of ether oxygens (including phenoxy) is 25. The van der Waals surface area contributed by atoms with Gasteiger partial charge in [0, 0.05) is 40.9 Å². The third-order valence-corrected chi connectivity index (χ3v) is 21.1. The zero-order valence-corrected chi connectivity index (χ0v) is 58.6. The number of aliphatic hydroxyl groups is 7. The van der Waals surface area contributed by atoms with Crippen LogP contribution in [-0.2, 0) is 123 Å². The van der Waals surface area contributed by atoms with Crippen molar-refractivity contribution in [2.75, 3.05) is 55.1 Å². The minimum atomic E-state index is -2.11. The van der Waals surface area contributed by atoms with Crippen molar-refractivity contribution < 1.29 is 159 Å². The van der Waals surface area contributed by atoms with E-state index in [1.54, 1.807) is 46.8 Å². The smallest absolute Gasteiger partial charge is 0.331 e. The average Bonchev–Trinajstić information content (AvgIpc) is 1.55. The fourth-order valence-electron chi connectivity index (χ4n) is 15.8. The number of hydrogen-bond acceptors (Lipinski definition) is 33. The summed E-state index contributed by atoms with van der Waals surface area (Å²) in [5.74, 6) is -5.93. The van der Waals surface area contributed by atoms with E-state index in [0.717, 1.165) is 5.56 Å². The van der Waals surface area contributed by atoms with E-state index in [9.17, 15) is 40.5 Å². The van der Waals surface area contributed by atoms with Crippen molar-refractivity contribution in [3.05, 3.63) is 78.4 Å². The molecule has 12 unspecified atom stereocenters. The Balaban J connectivity index is 0.605. The number of benzene rings is 1. The van der Waals surface area contributed by atoms with Crippen molar-refractivity contribution >= 4 is 12.0 Å². The molecule has 13 rings (SSSR count). The number of aliphatic hydroxyl groups excluding tert-OH is 5. The zero-order valence-electron chi connectivity index (χ0n) is 58.6. The molecule has 0 aliphatic carbocycles. The first-order valence-electron chi connectivity index (χ1n) is 34.8.